The third kappa shape index (κ3) is 4.82. The first-order valence-corrected chi connectivity index (χ1v) is 10.6. The lowest BCUT2D eigenvalue weighted by atomic mass is 10.1. The molecular formula is C22H18Cl3FN4O. The van der Waals surface area contributed by atoms with Crippen LogP contribution in [0.4, 0.5) is 21.7 Å². The Hall–Kier alpha value is -2.67. The number of hydrogen-bond acceptors (Lipinski definition) is 4. The number of aromatic amines is 1. The van der Waals surface area contributed by atoms with Crippen molar-refractivity contribution in [2.75, 3.05) is 17.2 Å². The van der Waals surface area contributed by atoms with Gasteiger partial charge in [-0.2, -0.15) is 0 Å². The molecule has 31 heavy (non-hydrogen) atoms. The lowest BCUT2D eigenvalue weighted by Gasteiger charge is -2.12. The molecule has 160 valence electrons. The Bertz CT molecular complexity index is 1250. The lowest BCUT2D eigenvalue weighted by molar-refractivity contribution is 0.337. The van der Waals surface area contributed by atoms with Crippen molar-refractivity contribution in [2.45, 2.75) is 13.5 Å². The number of fused-ring (bicyclic) bond motifs is 1. The maximum atomic E-state index is 14.4. The van der Waals surface area contributed by atoms with Crippen LogP contribution < -0.4 is 15.4 Å². The van der Waals surface area contributed by atoms with Crippen LogP contribution in [-0.2, 0) is 6.54 Å². The van der Waals surface area contributed by atoms with Crippen LogP contribution in [0, 0.1) is 5.82 Å². The fourth-order valence-electron chi connectivity index (χ4n) is 3.13. The van der Waals surface area contributed by atoms with Crippen LogP contribution in [0.15, 0.2) is 48.5 Å². The van der Waals surface area contributed by atoms with E-state index in [2.05, 4.69) is 20.6 Å². The molecule has 0 aliphatic heterocycles. The zero-order chi connectivity index (χ0) is 22.0. The predicted molar refractivity (Wildman–Crippen MR) is 126 cm³/mol. The molecule has 0 saturated heterocycles. The van der Waals surface area contributed by atoms with Gasteiger partial charge in [-0.1, -0.05) is 40.9 Å². The summed E-state index contributed by atoms with van der Waals surface area (Å²) >= 11 is 18.0. The SMILES string of the molecule is CCOc1cc2nc(Nc3c(Cl)ccc(Cl)c3F)[nH]c2cc1CNc1cccc(Cl)c1. The Morgan fingerprint density at radius 1 is 1.06 bits per heavy atom. The van der Waals surface area contributed by atoms with E-state index in [9.17, 15) is 4.39 Å². The van der Waals surface area contributed by atoms with E-state index < -0.39 is 5.82 Å². The summed E-state index contributed by atoms with van der Waals surface area (Å²) in [5.74, 6) is 0.394. The molecule has 4 aromatic rings. The van der Waals surface area contributed by atoms with Gasteiger partial charge >= 0.3 is 0 Å². The molecular weight excluding hydrogens is 462 g/mol. The fraction of sp³-hybridized carbons (Fsp3) is 0.136. The van der Waals surface area contributed by atoms with Crippen LogP contribution in [0.1, 0.15) is 12.5 Å². The van der Waals surface area contributed by atoms with Crippen molar-refractivity contribution in [1.29, 1.82) is 0 Å². The molecule has 0 spiro atoms. The van der Waals surface area contributed by atoms with Crippen LogP contribution in [0.25, 0.3) is 11.0 Å². The standard InChI is InChI=1S/C22H18Cl3FN4O/c1-2-31-19-10-18-17(8-12(19)11-27-14-5-3-4-13(23)9-14)28-22(29-18)30-21-16(25)7-6-15(24)20(21)26/h3-10,27H,2,11H2,1H3,(H2,28,29,30). The predicted octanol–water partition coefficient (Wildman–Crippen LogP) is 7.42. The third-order valence-corrected chi connectivity index (χ3v) is 5.40. The summed E-state index contributed by atoms with van der Waals surface area (Å²) in [6.07, 6.45) is 0. The summed E-state index contributed by atoms with van der Waals surface area (Å²) in [6, 6.07) is 14.2. The molecule has 3 aromatic carbocycles. The number of H-pyrrole nitrogens is 1. The summed E-state index contributed by atoms with van der Waals surface area (Å²) in [7, 11) is 0. The van der Waals surface area contributed by atoms with Gasteiger partial charge in [0.05, 0.1) is 33.4 Å². The second-order valence-corrected chi connectivity index (χ2v) is 7.95. The Morgan fingerprint density at radius 2 is 1.87 bits per heavy atom. The van der Waals surface area contributed by atoms with Crippen LogP contribution in [-0.4, -0.2) is 16.6 Å². The quantitative estimate of drug-likeness (QED) is 0.241. The summed E-state index contributed by atoms with van der Waals surface area (Å²) in [5.41, 5.74) is 3.30. The normalized spacial score (nSPS) is 11.0. The monoisotopic (exact) mass is 478 g/mol. The number of nitrogens with zero attached hydrogens (tertiary/aromatic N) is 1. The Morgan fingerprint density at radius 3 is 2.65 bits per heavy atom. The zero-order valence-corrected chi connectivity index (χ0v) is 18.7. The highest BCUT2D eigenvalue weighted by molar-refractivity contribution is 6.35. The van der Waals surface area contributed by atoms with E-state index in [1.165, 1.54) is 12.1 Å². The maximum Gasteiger partial charge on any atom is 0.205 e. The molecule has 0 bridgehead atoms. The molecule has 9 heteroatoms. The minimum absolute atomic E-state index is 0.0315. The van der Waals surface area contributed by atoms with E-state index in [0.717, 1.165) is 16.8 Å². The van der Waals surface area contributed by atoms with Gasteiger partial charge in [0.1, 0.15) is 5.75 Å². The van der Waals surface area contributed by atoms with E-state index in [0.29, 0.717) is 35.4 Å². The topological polar surface area (TPSA) is 62.0 Å². The highest BCUT2D eigenvalue weighted by atomic mass is 35.5. The molecule has 0 amide bonds. The van der Waals surface area contributed by atoms with Gasteiger partial charge in [0.2, 0.25) is 5.95 Å². The first kappa shape index (κ1) is 21.6. The van der Waals surface area contributed by atoms with Gasteiger partial charge in [-0.25, -0.2) is 9.37 Å². The van der Waals surface area contributed by atoms with Gasteiger partial charge in [0.25, 0.3) is 0 Å². The number of halogens is 4. The molecule has 1 heterocycles. The van der Waals surface area contributed by atoms with Crippen molar-refractivity contribution in [3.63, 3.8) is 0 Å². The Kier molecular flexibility index (Phi) is 6.41. The van der Waals surface area contributed by atoms with E-state index in [1.807, 2.05) is 43.3 Å². The van der Waals surface area contributed by atoms with Crippen molar-refractivity contribution in [2.24, 2.45) is 0 Å². The number of nitrogens with one attached hydrogen (secondary N) is 3. The summed E-state index contributed by atoms with van der Waals surface area (Å²) in [6.45, 7) is 2.94. The van der Waals surface area contributed by atoms with Crippen molar-refractivity contribution >= 4 is 63.2 Å². The minimum Gasteiger partial charge on any atom is -0.493 e. The molecule has 0 atom stereocenters. The lowest BCUT2D eigenvalue weighted by Crippen LogP contribution is -2.03. The molecule has 4 rings (SSSR count). The van der Waals surface area contributed by atoms with Crippen molar-refractivity contribution < 1.29 is 9.13 Å². The molecule has 1 aromatic heterocycles. The Labute approximate surface area is 193 Å². The van der Waals surface area contributed by atoms with Crippen molar-refractivity contribution in [3.8, 4) is 5.75 Å². The molecule has 3 N–H and O–H groups in total. The smallest absolute Gasteiger partial charge is 0.205 e. The van der Waals surface area contributed by atoms with Gasteiger partial charge in [0.15, 0.2) is 5.82 Å². The third-order valence-electron chi connectivity index (χ3n) is 4.56. The molecule has 0 aliphatic carbocycles. The van der Waals surface area contributed by atoms with E-state index in [1.54, 1.807) is 0 Å². The second kappa shape index (κ2) is 9.22. The summed E-state index contributed by atoms with van der Waals surface area (Å²) < 4.78 is 20.2. The van der Waals surface area contributed by atoms with Gasteiger partial charge in [-0.3, -0.25) is 0 Å². The first-order chi connectivity index (χ1) is 14.9. The molecule has 0 unspecified atom stereocenters. The van der Waals surface area contributed by atoms with Gasteiger partial charge in [0, 0.05) is 28.9 Å². The molecule has 0 fully saturated rings. The van der Waals surface area contributed by atoms with Gasteiger partial charge in [-0.15, -0.1) is 0 Å². The molecule has 0 radical (unpaired) electrons. The zero-order valence-electron chi connectivity index (χ0n) is 16.4. The van der Waals surface area contributed by atoms with Crippen LogP contribution in [0.3, 0.4) is 0 Å². The summed E-state index contributed by atoms with van der Waals surface area (Å²) in [4.78, 5) is 7.62. The van der Waals surface area contributed by atoms with E-state index >= 15 is 0 Å². The Balaban J connectivity index is 1.64. The van der Waals surface area contributed by atoms with E-state index in [-0.39, 0.29) is 15.7 Å². The fourth-order valence-corrected chi connectivity index (χ4v) is 3.67. The highest BCUT2D eigenvalue weighted by Gasteiger charge is 2.15. The second-order valence-electron chi connectivity index (χ2n) is 6.70. The van der Waals surface area contributed by atoms with Gasteiger partial charge in [-0.05, 0) is 43.3 Å². The average molecular weight is 480 g/mol. The van der Waals surface area contributed by atoms with Gasteiger partial charge < -0.3 is 20.4 Å². The minimum atomic E-state index is -0.643. The number of imidazole rings is 1. The van der Waals surface area contributed by atoms with Crippen molar-refractivity contribution in [3.05, 3.63) is 75.0 Å². The van der Waals surface area contributed by atoms with Crippen LogP contribution in [0.2, 0.25) is 15.1 Å². The van der Waals surface area contributed by atoms with Crippen LogP contribution >= 0.6 is 34.8 Å². The number of benzene rings is 3. The van der Waals surface area contributed by atoms with E-state index in [4.69, 9.17) is 39.5 Å². The van der Waals surface area contributed by atoms with Crippen molar-refractivity contribution in [1.82, 2.24) is 9.97 Å². The number of anilines is 3. The average Bonchev–Trinajstić information content (AvgIpc) is 3.14. The first-order valence-electron chi connectivity index (χ1n) is 9.50. The maximum absolute atomic E-state index is 14.4. The highest BCUT2D eigenvalue weighted by Crippen LogP contribution is 2.33. The largest absolute Gasteiger partial charge is 0.493 e. The van der Waals surface area contributed by atoms with Crippen LogP contribution in [0.5, 0.6) is 5.75 Å². The molecule has 5 nitrogen and oxygen atoms in total. The number of rotatable bonds is 7. The number of hydrogen-bond donors (Lipinski definition) is 3. The molecule has 0 aliphatic rings. The summed E-state index contributed by atoms with van der Waals surface area (Å²) in [5, 5.41) is 7.03. The number of ether oxygens (including phenoxy) is 1. The molecule has 0 saturated carbocycles. The number of aromatic nitrogens is 2.